The van der Waals surface area contributed by atoms with Crippen molar-refractivity contribution in [1.82, 2.24) is 0 Å². The van der Waals surface area contributed by atoms with Crippen LogP contribution in [0.25, 0.3) is 0 Å². The highest BCUT2D eigenvalue weighted by Gasteiger charge is 2.26. The number of fused-ring (bicyclic) bond motifs is 1. The summed E-state index contributed by atoms with van der Waals surface area (Å²) in [6, 6.07) is 14.3. The second-order valence-corrected chi connectivity index (χ2v) is 9.30. The Hall–Kier alpha value is -1.34. The first-order chi connectivity index (χ1) is 13.6. The summed E-state index contributed by atoms with van der Waals surface area (Å²) >= 11 is 3.69. The molecule has 0 spiro atoms. The number of nitrogens with two attached hydrogens (primary N) is 1. The summed E-state index contributed by atoms with van der Waals surface area (Å²) in [5.74, 6) is 4.63. The van der Waals surface area contributed by atoms with Crippen LogP contribution in [0.2, 0.25) is 0 Å². The van der Waals surface area contributed by atoms with Crippen molar-refractivity contribution >= 4 is 23.5 Å². The van der Waals surface area contributed by atoms with Crippen molar-refractivity contribution in [2.75, 3.05) is 25.4 Å². The van der Waals surface area contributed by atoms with Gasteiger partial charge in [0.05, 0.1) is 4.90 Å². The van der Waals surface area contributed by atoms with Gasteiger partial charge in [-0.25, -0.2) is 0 Å². The van der Waals surface area contributed by atoms with E-state index in [1.165, 1.54) is 15.4 Å². The van der Waals surface area contributed by atoms with E-state index < -0.39 is 0 Å². The fourth-order valence-corrected chi connectivity index (χ4v) is 5.57. The molecule has 1 aliphatic heterocycles. The Morgan fingerprint density at radius 2 is 2.07 bits per heavy atom. The van der Waals surface area contributed by atoms with E-state index in [0.717, 1.165) is 29.4 Å². The molecule has 6 heteroatoms. The molecule has 2 aromatic rings. The molecule has 0 aliphatic carbocycles. The number of rotatable bonds is 8. The SMILES string of the molecule is COCOc1cccc(C)c1SC[C@@H](C)C[C@H]1CSc2ccccc2OC1N. The van der Waals surface area contributed by atoms with Crippen LogP contribution < -0.4 is 15.2 Å². The number of aryl methyl sites for hydroxylation is 1. The summed E-state index contributed by atoms with van der Waals surface area (Å²) in [4.78, 5) is 2.37. The molecular weight excluding hydrogens is 390 g/mol. The van der Waals surface area contributed by atoms with E-state index in [0.29, 0.717) is 11.8 Å². The Kier molecular flexibility index (Phi) is 7.97. The van der Waals surface area contributed by atoms with Crippen LogP contribution >= 0.6 is 23.5 Å². The fraction of sp³-hybridized carbons (Fsp3) is 0.455. The molecule has 3 atom stereocenters. The molecular formula is C22H29NO3S2. The minimum Gasteiger partial charge on any atom is -0.474 e. The van der Waals surface area contributed by atoms with E-state index in [1.807, 2.05) is 53.9 Å². The van der Waals surface area contributed by atoms with Crippen molar-refractivity contribution < 1.29 is 14.2 Å². The lowest BCUT2D eigenvalue weighted by molar-refractivity contribution is 0.0491. The molecule has 0 saturated carbocycles. The zero-order chi connectivity index (χ0) is 19.9. The van der Waals surface area contributed by atoms with Crippen molar-refractivity contribution in [3.63, 3.8) is 0 Å². The average molecular weight is 420 g/mol. The second-order valence-electron chi connectivity index (χ2n) is 7.21. The van der Waals surface area contributed by atoms with E-state index in [1.54, 1.807) is 7.11 Å². The monoisotopic (exact) mass is 419 g/mol. The number of ether oxygens (including phenoxy) is 3. The van der Waals surface area contributed by atoms with Gasteiger partial charge in [0.2, 0.25) is 0 Å². The van der Waals surface area contributed by atoms with Gasteiger partial charge in [-0.2, -0.15) is 0 Å². The molecule has 0 saturated heterocycles. The molecule has 2 aromatic carbocycles. The summed E-state index contributed by atoms with van der Waals surface area (Å²) in [6.07, 6.45) is 0.776. The maximum absolute atomic E-state index is 6.38. The number of hydrogen-bond donors (Lipinski definition) is 1. The largest absolute Gasteiger partial charge is 0.474 e. The standard InChI is InChI=1S/C22H29NO3S2/c1-15(12-28-21-16(2)7-6-9-19(21)25-14-24-3)11-17-13-27-20-10-5-4-8-18(20)26-22(17)23/h4-10,15,17,22H,11-14,23H2,1-3H3/t15-,17-,22?/m0/s1. The smallest absolute Gasteiger partial charge is 0.188 e. The summed E-state index contributed by atoms with van der Waals surface area (Å²) < 4.78 is 16.8. The maximum atomic E-state index is 6.38. The molecule has 0 amide bonds. The highest BCUT2D eigenvalue weighted by Crippen LogP contribution is 2.38. The van der Waals surface area contributed by atoms with Crippen LogP contribution in [0.15, 0.2) is 52.3 Å². The van der Waals surface area contributed by atoms with E-state index in [-0.39, 0.29) is 13.0 Å². The molecule has 152 valence electrons. The second kappa shape index (κ2) is 10.4. The maximum Gasteiger partial charge on any atom is 0.188 e. The van der Waals surface area contributed by atoms with Crippen LogP contribution in [0.4, 0.5) is 0 Å². The van der Waals surface area contributed by atoms with Gasteiger partial charge in [0.1, 0.15) is 11.5 Å². The molecule has 4 nitrogen and oxygen atoms in total. The highest BCUT2D eigenvalue weighted by atomic mass is 32.2. The van der Waals surface area contributed by atoms with Gasteiger partial charge < -0.3 is 14.2 Å². The average Bonchev–Trinajstić information content (AvgIpc) is 2.84. The molecule has 0 radical (unpaired) electrons. The van der Waals surface area contributed by atoms with E-state index >= 15 is 0 Å². The summed E-state index contributed by atoms with van der Waals surface area (Å²) in [6.45, 7) is 4.67. The zero-order valence-electron chi connectivity index (χ0n) is 16.7. The van der Waals surface area contributed by atoms with E-state index in [2.05, 4.69) is 26.0 Å². The Bertz CT molecular complexity index is 771. The van der Waals surface area contributed by atoms with Gasteiger partial charge in [0, 0.05) is 29.4 Å². The topological polar surface area (TPSA) is 53.7 Å². The van der Waals surface area contributed by atoms with Gasteiger partial charge in [-0.05, 0) is 43.0 Å². The Labute approximate surface area is 176 Å². The summed E-state index contributed by atoms with van der Waals surface area (Å²) in [7, 11) is 1.64. The van der Waals surface area contributed by atoms with Gasteiger partial charge in [-0.3, -0.25) is 5.73 Å². The lowest BCUT2D eigenvalue weighted by atomic mass is 9.97. The van der Waals surface area contributed by atoms with Crippen molar-refractivity contribution in [3.8, 4) is 11.5 Å². The van der Waals surface area contributed by atoms with Crippen LogP contribution in [-0.4, -0.2) is 31.6 Å². The predicted octanol–water partition coefficient (Wildman–Crippen LogP) is 5.18. The first kappa shape index (κ1) is 21.4. The molecule has 3 rings (SSSR count). The van der Waals surface area contributed by atoms with Gasteiger partial charge in [0.25, 0.3) is 0 Å². The van der Waals surface area contributed by atoms with Crippen molar-refractivity contribution in [1.29, 1.82) is 0 Å². The lowest BCUT2D eigenvalue weighted by Gasteiger charge is -2.24. The van der Waals surface area contributed by atoms with Crippen LogP contribution in [0, 0.1) is 18.8 Å². The van der Waals surface area contributed by atoms with E-state index in [9.17, 15) is 0 Å². The number of para-hydroxylation sites is 1. The first-order valence-electron chi connectivity index (χ1n) is 9.56. The van der Waals surface area contributed by atoms with Gasteiger partial charge >= 0.3 is 0 Å². The molecule has 2 N–H and O–H groups in total. The molecule has 1 unspecified atom stereocenters. The highest BCUT2D eigenvalue weighted by molar-refractivity contribution is 7.99. The van der Waals surface area contributed by atoms with Gasteiger partial charge in [0.15, 0.2) is 13.0 Å². The van der Waals surface area contributed by atoms with Crippen molar-refractivity contribution in [2.24, 2.45) is 17.6 Å². The number of thioether (sulfide) groups is 2. The third-order valence-electron chi connectivity index (χ3n) is 4.76. The number of hydrogen-bond acceptors (Lipinski definition) is 6. The van der Waals surface area contributed by atoms with Crippen LogP contribution in [0.1, 0.15) is 18.9 Å². The lowest BCUT2D eigenvalue weighted by Crippen LogP contribution is -2.37. The van der Waals surface area contributed by atoms with Gasteiger partial charge in [-0.1, -0.05) is 31.2 Å². The molecule has 1 heterocycles. The first-order valence-corrected chi connectivity index (χ1v) is 11.5. The molecule has 1 aliphatic rings. The Morgan fingerprint density at radius 1 is 1.25 bits per heavy atom. The predicted molar refractivity (Wildman–Crippen MR) is 117 cm³/mol. The molecule has 28 heavy (non-hydrogen) atoms. The van der Waals surface area contributed by atoms with Crippen molar-refractivity contribution in [3.05, 3.63) is 48.0 Å². The quantitative estimate of drug-likeness (QED) is 0.470. The van der Waals surface area contributed by atoms with Crippen LogP contribution in [0.5, 0.6) is 11.5 Å². The molecule has 0 fully saturated rings. The van der Waals surface area contributed by atoms with Crippen molar-refractivity contribution in [2.45, 2.75) is 36.3 Å². The molecule has 0 bridgehead atoms. The van der Waals surface area contributed by atoms with E-state index in [4.69, 9.17) is 19.9 Å². The fourth-order valence-electron chi connectivity index (χ4n) is 3.26. The third kappa shape index (κ3) is 5.60. The summed E-state index contributed by atoms with van der Waals surface area (Å²) in [5, 5.41) is 0. The number of methoxy groups -OCH3 is 1. The normalized spacial score (nSPS) is 20.0. The van der Waals surface area contributed by atoms with Crippen LogP contribution in [-0.2, 0) is 4.74 Å². The Morgan fingerprint density at radius 3 is 2.89 bits per heavy atom. The zero-order valence-corrected chi connectivity index (χ0v) is 18.4. The number of benzene rings is 2. The van der Waals surface area contributed by atoms with Gasteiger partial charge in [-0.15, -0.1) is 23.5 Å². The minimum atomic E-state index is -0.261. The molecule has 0 aromatic heterocycles. The third-order valence-corrected chi connectivity index (χ3v) is 7.55. The minimum absolute atomic E-state index is 0.261. The van der Waals surface area contributed by atoms with Crippen LogP contribution in [0.3, 0.4) is 0 Å². The summed E-state index contributed by atoms with van der Waals surface area (Å²) in [5.41, 5.74) is 7.60. The Balaban J connectivity index is 1.57.